The van der Waals surface area contributed by atoms with Crippen molar-refractivity contribution in [3.05, 3.63) is 47.0 Å². The summed E-state index contributed by atoms with van der Waals surface area (Å²) in [6.45, 7) is 7.05. The largest absolute Gasteiger partial charge is 0.366 e. The van der Waals surface area contributed by atoms with Crippen LogP contribution in [0.3, 0.4) is 0 Å². The normalized spacial score (nSPS) is 18.0. The number of rotatable bonds is 3. The summed E-state index contributed by atoms with van der Waals surface area (Å²) < 4.78 is 7.95. The molecule has 7 heteroatoms. The van der Waals surface area contributed by atoms with E-state index in [1.807, 2.05) is 23.6 Å². The van der Waals surface area contributed by atoms with E-state index in [0.29, 0.717) is 13.2 Å². The van der Waals surface area contributed by atoms with Gasteiger partial charge in [0.1, 0.15) is 18.2 Å². The predicted octanol–water partition coefficient (Wildman–Crippen LogP) is 3.39. The Balaban J connectivity index is 1.65. The van der Waals surface area contributed by atoms with E-state index in [2.05, 4.69) is 34.2 Å². The van der Waals surface area contributed by atoms with Crippen LogP contribution in [0.2, 0.25) is 5.02 Å². The van der Waals surface area contributed by atoms with Crippen molar-refractivity contribution in [1.82, 2.24) is 19.7 Å². The Morgan fingerprint density at radius 1 is 1.28 bits per heavy atom. The lowest BCUT2D eigenvalue weighted by Gasteiger charge is -2.33. The smallest absolute Gasteiger partial charge is 0.163 e. The van der Waals surface area contributed by atoms with Crippen molar-refractivity contribution < 1.29 is 4.74 Å². The second-order valence-corrected chi connectivity index (χ2v) is 6.60. The van der Waals surface area contributed by atoms with E-state index in [1.165, 1.54) is 0 Å². The van der Waals surface area contributed by atoms with Gasteiger partial charge in [0.2, 0.25) is 0 Å². The molecule has 0 aliphatic carbocycles. The summed E-state index contributed by atoms with van der Waals surface area (Å²) in [5.41, 5.74) is 1.96. The number of aromatic nitrogens is 4. The maximum Gasteiger partial charge on any atom is 0.163 e. The van der Waals surface area contributed by atoms with Crippen molar-refractivity contribution in [3.8, 4) is 0 Å². The molecule has 1 saturated heterocycles. The van der Waals surface area contributed by atoms with E-state index in [1.54, 1.807) is 6.33 Å². The molecule has 0 saturated carbocycles. The first-order chi connectivity index (χ1) is 12.2. The van der Waals surface area contributed by atoms with Crippen LogP contribution in [-0.4, -0.2) is 39.4 Å². The molecule has 1 atom stereocenters. The van der Waals surface area contributed by atoms with Gasteiger partial charge in [0.15, 0.2) is 5.82 Å². The summed E-state index contributed by atoms with van der Waals surface area (Å²) in [6, 6.07) is 8.08. The summed E-state index contributed by atoms with van der Waals surface area (Å²) in [7, 11) is 0. The number of hydrogen-bond acceptors (Lipinski definition) is 5. The SMILES string of the molecule is CCn1cnnc1C1CN(c2ccc3ccc(Cl)c(C)c3n2)CCO1. The number of ether oxygens (including phenoxy) is 1. The van der Waals surface area contributed by atoms with Gasteiger partial charge in [-0.25, -0.2) is 4.98 Å². The molecule has 0 N–H and O–H groups in total. The third-order valence-corrected chi connectivity index (χ3v) is 5.11. The van der Waals surface area contributed by atoms with Crippen LogP contribution < -0.4 is 4.90 Å². The molecule has 1 aromatic carbocycles. The molecule has 4 rings (SSSR count). The zero-order valence-corrected chi connectivity index (χ0v) is 15.1. The van der Waals surface area contributed by atoms with Crippen LogP contribution >= 0.6 is 11.6 Å². The van der Waals surface area contributed by atoms with E-state index >= 15 is 0 Å². The maximum absolute atomic E-state index is 6.26. The van der Waals surface area contributed by atoms with Crippen molar-refractivity contribution in [3.63, 3.8) is 0 Å². The van der Waals surface area contributed by atoms with Gasteiger partial charge in [0, 0.05) is 23.5 Å². The van der Waals surface area contributed by atoms with Gasteiger partial charge < -0.3 is 14.2 Å². The fraction of sp³-hybridized carbons (Fsp3) is 0.389. The minimum atomic E-state index is -0.103. The van der Waals surface area contributed by atoms with E-state index < -0.39 is 0 Å². The van der Waals surface area contributed by atoms with Crippen molar-refractivity contribution in [1.29, 1.82) is 0 Å². The monoisotopic (exact) mass is 357 g/mol. The summed E-state index contributed by atoms with van der Waals surface area (Å²) in [6.07, 6.45) is 1.64. The van der Waals surface area contributed by atoms with E-state index in [9.17, 15) is 0 Å². The molecule has 0 bridgehead atoms. The van der Waals surface area contributed by atoms with Crippen LogP contribution in [0.15, 0.2) is 30.6 Å². The molecule has 1 unspecified atom stereocenters. The summed E-state index contributed by atoms with van der Waals surface area (Å²) in [5.74, 6) is 1.81. The quantitative estimate of drug-likeness (QED) is 0.719. The molecule has 3 aromatic rings. The Labute approximate surface area is 151 Å². The molecule has 130 valence electrons. The van der Waals surface area contributed by atoms with Crippen molar-refractivity contribution in [2.45, 2.75) is 26.5 Å². The molecule has 3 heterocycles. The average molecular weight is 358 g/mol. The molecule has 1 aliphatic heterocycles. The first-order valence-electron chi connectivity index (χ1n) is 8.47. The van der Waals surface area contributed by atoms with Crippen LogP contribution in [0.1, 0.15) is 24.4 Å². The highest BCUT2D eigenvalue weighted by Crippen LogP contribution is 2.28. The Hall–Kier alpha value is -2.18. The number of fused-ring (bicyclic) bond motifs is 1. The number of hydrogen-bond donors (Lipinski definition) is 0. The van der Waals surface area contributed by atoms with E-state index in [0.717, 1.165) is 46.2 Å². The standard InChI is InChI=1S/C18H20ClN5O/c1-3-23-11-20-22-18(23)15-10-24(8-9-25-15)16-7-5-13-4-6-14(19)12(2)17(13)21-16/h4-7,11,15H,3,8-10H2,1-2H3. The number of aryl methyl sites for hydroxylation is 2. The summed E-state index contributed by atoms with van der Waals surface area (Å²) in [4.78, 5) is 7.10. The first kappa shape index (κ1) is 16.3. The molecule has 25 heavy (non-hydrogen) atoms. The molecular formula is C18H20ClN5O. The lowest BCUT2D eigenvalue weighted by atomic mass is 10.1. The lowest BCUT2D eigenvalue weighted by Crippen LogP contribution is -2.39. The highest BCUT2D eigenvalue weighted by molar-refractivity contribution is 6.32. The maximum atomic E-state index is 6.26. The van der Waals surface area contributed by atoms with Gasteiger partial charge in [-0.05, 0) is 37.6 Å². The highest BCUT2D eigenvalue weighted by Gasteiger charge is 2.26. The van der Waals surface area contributed by atoms with Crippen LogP contribution in [0.4, 0.5) is 5.82 Å². The number of pyridine rings is 1. The molecule has 0 amide bonds. The van der Waals surface area contributed by atoms with Gasteiger partial charge in [0.05, 0.1) is 18.7 Å². The number of halogens is 1. The fourth-order valence-corrected chi connectivity index (χ4v) is 3.39. The Morgan fingerprint density at radius 2 is 2.12 bits per heavy atom. The molecule has 0 spiro atoms. The van der Waals surface area contributed by atoms with Crippen LogP contribution in [0.5, 0.6) is 0 Å². The van der Waals surface area contributed by atoms with Crippen molar-refractivity contribution >= 4 is 28.3 Å². The Morgan fingerprint density at radius 3 is 2.96 bits per heavy atom. The van der Waals surface area contributed by atoms with Crippen LogP contribution in [0, 0.1) is 6.92 Å². The minimum Gasteiger partial charge on any atom is -0.366 e. The zero-order chi connectivity index (χ0) is 17.4. The predicted molar refractivity (Wildman–Crippen MR) is 98.1 cm³/mol. The first-order valence-corrected chi connectivity index (χ1v) is 8.85. The van der Waals surface area contributed by atoms with Gasteiger partial charge in [0.25, 0.3) is 0 Å². The topological polar surface area (TPSA) is 56.1 Å². The minimum absolute atomic E-state index is 0.103. The van der Waals surface area contributed by atoms with Crippen LogP contribution in [-0.2, 0) is 11.3 Å². The fourth-order valence-electron chi connectivity index (χ4n) is 3.24. The molecular weight excluding hydrogens is 338 g/mol. The van der Waals surface area contributed by atoms with Gasteiger partial charge in [-0.2, -0.15) is 0 Å². The van der Waals surface area contributed by atoms with Gasteiger partial charge in [-0.3, -0.25) is 0 Å². The second-order valence-electron chi connectivity index (χ2n) is 6.19. The Kier molecular flexibility index (Phi) is 4.31. The van der Waals surface area contributed by atoms with Gasteiger partial charge in [-0.15, -0.1) is 10.2 Å². The van der Waals surface area contributed by atoms with Gasteiger partial charge in [-0.1, -0.05) is 17.7 Å². The molecule has 1 aliphatic rings. The molecule has 2 aromatic heterocycles. The Bertz CT molecular complexity index is 910. The zero-order valence-electron chi connectivity index (χ0n) is 14.3. The number of nitrogens with zero attached hydrogens (tertiary/aromatic N) is 5. The number of morpholine rings is 1. The van der Waals surface area contributed by atoms with Crippen molar-refractivity contribution in [2.24, 2.45) is 0 Å². The van der Waals surface area contributed by atoms with Crippen molar-refractivity contribution in [2.75, 3.05) is 24.6 Å². The third-order valence-electron chi connectivity index (χ3n) is 4.70. The van der Waals surface area contributed by atoms with E-state index in [4.69, 9.17) is 21.3 Å². The number of benzene rings is 1. The highest BCUT2D eigenvalue weighted by atomic mass is 35.5. The summed E-state index contributed by atoms with van der Waals surface area (Å²) >= 11 is 6.26. The number of anilines is 1. The second kappa shape index (κ2) is 6.61. The third kappa shape index (κ3) is 2.96. The summed E-state index contributed by atoms with van der Waals surface area (Å²) in [5, 5.41) is 10.1. The van der Waals surface area contributed by atoms with E-state index in [-0.39, 0.29) is 6.10 Å². The average Bonchev–Trinajstić information content (AvgIpc) is 3.13. The lowest BCUT2D eigenvalue weighted by molar-refractivity contribution is 0.0314. The van der Waals surface area contributed by atoms with Crippen LogP contribution in [0.25, 0.3) is 10.9 Å². The molecule has 6 nitrogen and oxygen atoms in total. The molecule has 1 fully saturated rings. The van der Waals surface area contributed by atoms with Gasteiger partial charge >= 0.3 is 0 Å². The molecule has 0 radical (unpaired) electrons.